The number of benzene rings is 3. The number of halogens is 6. The number of carbonyl (C=O) groups is 1. The number of para-hydroxylation sites is 1. The number of rotatable bonds is 14. The number of amides is 1. The molecule has 2 N–H and O–H groups in total. The highest BCUT2D eigenvalue weighted by Gasteiger charge is 2.40. The number of aryl methyl sites for hydroxylation is 3. The average Bonchev–Trinajstić information content (AvgIpc) is 3.82. The maximum absolute atomic E-state index is 13.1. The fraction of sp³-hybridized carbons (Fsp3) is 0.391. The van der Waals surface area contributed by atoms with Crippen molar-refractivity contribution in [3.8, 4) is 0 Å². The third-order valence-corrected chi connectivity index (χ3v) is 11.8. The van der Waals surface area contributed by atoms with Gasteiger partial charge in [-0.05, 0) is 105 Å². The van der Waals surface area contributed by atoms with Crippen molar-refractivity contribution in [1.82, 2.24) is 39.6 Å². The molecule has 64 heavy (non-hydrogen) atoms. The van der Waals surface area contributed by atoms with Gasteiger partial charge in [0.15, 0.2) is 0 Å². The molecular weight excluding hydrogens is 906 g/mol. The van der Waals surface area contributed by atoms with Crippen LogP contribution in [0.1, 0.15) is 97.9 Å². The van der Waals surface area contributed by atoms with Gasteiger partial charge < -0.3 is 10.4 Å². The number of nitrogens with one attached hydrogen (secondary N) is 1. The van der Waals surface area contributed by atoms with Crippen LogP contribution in [0.3, 0.4) is 0 Å². The van der Waals surface area contributed by atoms with Crippen molar-refractivity contribution in [2.75, 3.05) is 12.4 Å². The molecule has 1 saturated carbocycles. The van der Waals surface area contributed by atoms with Gasteiger partial charge in [-0.3, -0.25) is 19.0 Å². The second kappa shape index (κ2) is 22.5. The first-order valence-electron chi connectivity index (χ1n) is 20.6. The van der Waals surface area contributed by atoms with Crippen LogP contribution in [0.25, 0.3) is 0 Å². The third-order valence-electron chi connectivity index (χ3n) is 10.6. The summed E-state index contributed by atoms with van der Waals surface area (Å²) in [5, 5.41) is 24.9. The molecule has 3 aromatic carbocycles. The van der Waals surface area contributed by atoms with Crippen LogP contribution < -0.4 is 5.32 Å². The number of hydroxylamine groups is 2. The van der Waals surface area contributed by atoms with Crippen LogP contribution in [-0.4, -0.2) is 69.3 Å². The number of nitrogens with zero attached hydrogens (tertiary/aromatic N) is 8. The molecule has 342 valence electrons. The van der Waals surface area contributed by atoms with Crippen molar-refractivity contribution in [2.45, 2.75) is 97.3 Å². The zero-order valence-corrected chi connectivity index (χ0v) is 39.8. The number of alkyl halides is 2. The normalized spacial score (nSPS) is 13.9. The van der Waals surface area contributed by atoms with Crippen molar-refractivity contribution in [3.63, 3.8) is 0 Å². The van der Waals surface area contributed by atoms with Crippen LogP contribution in [0.15, 0.2) is 91.6 Å². The van der Waals surface area contributed by atoms with Crippen molar-refractivity contribution in [1.29, 1.82) is 0 Å². The van der Waals surface area contributed by atoms with E-state index in [9.17, 15) is 18.7 Å². The summed E-state index contributed by atoms with van der Waals surface area (Å²) in [5.74, 6) is 0.635. The fourth-order valence-electron chi connectivity index (χ4n) is 6.72. The summed E-state index contributed by atoms with van der Waals surface area (Å²) in [6.07, 6.45) is 5.68. The second-order valence-electron chi connectivity index (χ2n) is 16.6. The molecule has 3 aromatic heterocycles. The maximum atomic E-state index is 13.1. The van der Waals surface area contributed by atoms with E-state index in [1.54, 1.807) is 17.9 Å². The summed E-state index contributed by atoms with van der Waals surface area (Å²) in [5.41, 5.74) is 3.02. The highest BCUT2D eigenvalue weighted by atomic mass is 35.5. The summed E-state index contributed by atoms with van der Waals surface area (Å²) in [6, 6.07) is 22.4. The molecule has 1 amide bonds. The molecule has 7 rings (SSSR count). The first kappa shape index (κ1) is 50.3. The molecule has 18 heteroatoms. The van der Waals surface area contributed by atoms with Crippen molar-refractivity contribution in [2.24, 2.45) is 12.5 Å². The molecule has 0 radical (unpaired) electrons. The minimum Gasteiger partial charge on any atom is -0.387 e. The number of anilines is 2. The Hall–Kier alpha value is -4.70. The molecule has 2 atom stereocenters. The van der Waals surface area contributed by atoms with Crippen LogP contribution in [-0.2, 0) is 31.3 Å². The molecule has 0 bridgehead atoms. The van der Waals surface area contributed by atoms with E-state index >= 15 is 0 Å². The molecule has 2 unspecified atom stereocenters. The number of carbonyl (C=O) groups excluding carboxylic acids is 1. The van der Waals surface area contributed by atoms with E-state index in [1.807, 2.05) is 82.3 Å². The Morgan fingerprint density at radius 2 is 1.64 bits per heavy atom. The van der Waals surface area contributed by atoms with Gasteiger partial charge in [-0.1, -0.05) is 97.5 Å². The Bertz CT molecular complexity index is 2410. The second-order valence-corrected chi connectivity index (χ2v) is 18.3. The van der Waals surface area contributed by atoms with Crippen LogP contribution in [0, 0.1) is 12.3 Å². The minimum absolute atomic E-state index is 0.232. The molecule has 0 aliphatic heterocycles. The molecule has 3 heterocycles. The SMILES string of the molecule is CC(C)(C)C(O)(CCc1ccc(Cl)cc1)Cn1cncn1.CON(C(=O)c1cn(C)nc1C(F)F)C(C)Cc1c(Cl)cc(Cl)cc1Cl.Cc1cc(C2CC2)nc(Nc2ccccc2)n1. The van der Waals surface area contributed by atoms with Gasteiger partial charge >= 0.3 is 0 Å². The largest absolute Gasteiger partial charge is 0.387 e. The predicted octanol–water partition coefficient (Wildman–Crippen LogP) is 11.7. The summed E-state index contributed by atoms with van der Waals surface area (Å²) in [6.45, 7) is 10.3. The van der Waals surface area contributed by atoms with Crippen LogP contribution in [0.4, 0.5) is 20.4 Å². The summed E-state index contributed by atoms with van der Waals surface area (Å²) in [7, 11) is 2.73. The van der Waals surface area contributed by atoms with E-state index in [4.69, 9.17) is 51.2 Å². The summed E-state index contributed by atoms with van der Waals surface area (Å²) >= 11 is 24.1. The lowest BCUT2D eigenvalue weighted by atomic mass is 9.73. The predicted molar refractivity (Wildman–Crippen MR) is 249 cm³/mol. The van der Waals surface area contributed by atoms with Gasteiger partial charge in [-0.25, -0.2) is 28.8 Å². The molecule has 1 aliphatic carbocycles. The van der Waals surface area contributed by atoms with Gasteiger partial charge in [-0.15, -0.1) is 0 Å². The van der Waals surface area contributed by atoms with E-state index in [-0.39, 0.29) is 17.4 Å². The Labute approximate surface area is 392 Å². The Morgan fingerprint density at radius 1 is 0.984 bits per heavy atom. The summed E-state index contributed by atoms with van der Waals surface area (Å²) in [4.78, 5) is 30.8. The maximum Gasteiger partial charge on any atom is 0.282 e. The molecule has 0 spiro atoms. The smallest absolute Gasteiger partial charge is 0.282 e. The Morgan fingerprint density at radius 3 is 2.20 bits per heavy atom. The van der Waals surface area contributed by atoms with Crippen molar-refractivity contribution >= 4 is 63.9 Å². The number of hydrogen-bond donors (Lipinski definition) is 2. The Balaban J connectivity index is 0.000000184. The topological polar surface area (TPSA) is 136 Å². The van der Waals surface area contributed by atoms with Gasteiger partial charge in [0.25, 0.3) is 12.3 Å². The summed E-state index contributed by atoms with van der Waals surface area (Å²) < 4.78 is 29.1. The lowest BCUT2D eigenvalue weighted by Gasteiger charge is -2.40. The highest BCUT2D eigenvalue weighted by Crippen LogP contribution is 2.40. The monoisotopic (exact) mass is 957 g/mol. The number of aromatic nitrogens is 7. The van der Waals surface area contributed by atoms with Gasteiger partial charge in [0.05, 0.1) is 30.9 Å². The molecule has 12 nitrogen and oxygen atoms in total. The van der Waals surface area contributed by atoms with E-state index < -0.39 is 29.7 Å². The highest BCUT2D eigenvalue weighted by molar-refractivity contribution is 6.39. The number of hydrogen-bond acceptors (Lipinski definition) is 9. The van der Waals surface area contributed by atoms with Crippen LogP contribution >= 0.6 is 46.4 Å². The van der Waals surface area contributed by atoms with Gasteiger partial charge in [-0.2, -0.15) is 10.2 Å². The first-order chi connectivity index (χ1) is 30.3. The molecular formula is C46H53Cl4F2N9O3. The van der Waals surface area contributed by atoms with Crippen LogP contribution in [0.2, 0.25) is 20.1 Å². The molecule has 1 fully saturated rings. The molecule has 0 saturated heterocycles. The lowest BCUT2D eigenvalue weighted by molar-refractivity contribution is -0.119. The fourth-order valence-corrected chi connectivity index (χ4v) is 7.82. The Kier molecular flexibility index (Phi) is 17.7. The lowest BCUT2D eigenvalue weighted by Crippen LogP contribution is -2.47. The van der Waals surface area contributed by atoms with Gasteiger partial charge in [0.2, 0.25) is 5.95 Å². The van der Waals surface area contributed by atoms with E-state index in [2.05, 4.69) is 36.5 Å². The average molecular weight is 960 g/mol. The first-order valence-corrected chi connectivity index (χ1v) is 22.1. The third kappa shape index (κ3) is 14.1. The molecule has 6 aromatic rings. The molecule has 1 aliphatic rings. The van der Waals surface area contributed by atoms with E-state index in [1.165, 1.54) is 62.9 Å². The van der Waals surface area contributed by atoms with E-state index in [0.29, 0.717) is 45.5 Å². The zero-order chi connectivity index (χ0) is 46.8. The number of aliphatic hydroxyl groups is 1. The van der Waals surface area contributed by atoms with Gasteiger partial charge in [0.1, 0.15) is 18.3 Å². The van der Waals surface area contributed by atoms with Gasteiger partial charge in [0, 0.05) is 56.3 Å². The zero-order valence-electron chi connectivity index (χ0n) is 36.7. The minimum atomic E-state index is -2.88. The van der Waals surface area contributed by atoms with Crippen molar-refractivity contribution < 1.29 is 23.5 Å². The quantitative estimate of drug-likeness (QED) is 0.102. The standard InChI is InChI=1S/C16H16Cl3F2N3O2.C16H22ClN3O.C14H15N3/c1-8(4-10-12(18)5-9(17)6-13(10)19)24(26-3)16(25)11-7-23(2)22-14(11)15(20)21;1-15(2,3)16(21,10-20-12-18-11-19-20)9-8-13-4-6-14(17)7-5-13;1-10-9-13(11-7-8-11)17-14(15-10)16-12-5-3-2-4-6-12/h5-8,15H,4H2,1-3H3;4-7,11-12,21H,8-10H2,1-3H3;2-6,9,11H,7-8H2,1H3,(H,15,16,17). The van der Waals surface area contributed by atoms with E-state index in [0.717, 1.165) is 32.6 Å². The van der Waals surface area contributed by atoms with Crippen LogP contribution in [0.5, 0.6) is 0 Å². The van der Waals surface area contributed by atoms with Crippen molar-refractivity contribution in [3.05, 3.63) is 146 Å².